The average molecular weight is 373 g/mol. The second kappa shape index (κ2) is 7.56. The average Bonchev–Trinajstić information content (AvgIpc) is 2.64. The number of nitrogens with zero attached hydrogens (tertiary/aromatic N) is 1. The van der Waals surface area contributed by atoms with Crippen LogP contribution in [0.1, 0.15) is 43.2 Å². The molecule has 0 saturated carbocycles. The number of rotatable bonds is 5. The van der Waals surface area contributed by atoms with Gasteiger partial charge in [-0.2, -0.15) is 8.78 Å². The molecule has 0 amide bonds. The lowest BCUT2D eigenvalue weighted by Crippen LogP contribution is -2.56. The number of hydrogen-bond donors (Lipinski definition) is 1. The first-order valence-electron chi connectivity index (χ1n) is 9.61. The van der Waals surface area contributed by atoms with Crippen LogP contribution < -0.4 is 4.74 Å². The summed E-state index contributed by atoms with van der Waals surface area (Å²) < 4.78 is 29.1. The van der Waals surface area contributed by atoms with E-state index in [4.69, 9.17) is 0 Å². The van der Waals surface area contributed by atoms with Crippen LogP contribution in [0, 0.1) is 0 Å². The van der Waals surface area contributed by atoms with Crippen LogP contribution in [-0.4, -0.2) is 28.7 Å². The molecule has 2 aliphatic rings. The summed E-state index contributed by atoms with van der Waals surface area (Å²) in [7, 11) is 0. The molecule has 0 aliphatic carbocycles. The van der Waals surface area contributed by atoms with Crippen molar-refractivity contribution in [1.29, 1.82) is 0 Å². The summed E-state index contributed by atoms with van der Waals surface area (Å²) in [6.45, 7) is -1.92. The Morgan fingerprint density at radius 2 is 1.63 bits per heavy atom. The first kappa shape index (κ1) is 18.4. The van der Waals surface area contributed by atoms with E-state index in [-0.39, 0.29) is 5.75 Å². The van der Waals surface area contributed by atoms with Gasteiger partial charge in [-0.15, -0.1) is 0 Å². The molecular weight excluding hydrogens is 348 g/mol. The van der Waals surface area contributed by atoms with E-state index in [0.29, 0.717) is 24.9 Å². The molecule has 2 atom stereocenters. The molecule has 2 saturated heterocycles. The summed E-state index contributed by atoms with van der Waals surface area (Å²) in [6.07, 6.45) is 4.70. The van der Waals surface area contributed by atoms with Crippen LogP contribution >= 0.6 is 0 Å². The summed E-state index contributed by atoms with van der Waals surface area (Å²) in [6, 6.07) is 17.6. The number of hydrogen-bond acceptors (Lipinski definition) is 3. The number of halogens is 2. The lowest BCUT2D eigenvalue weighted by molar-refractivity contribution is -0.0999. The molecule has 144 valence electrons. The number of benzene rings is 2. The van der Waals surface area contributed by atoms with Gasteiger partial charge >= 0.3 is 6.61 Å². The summed E-state index contributed by atoms with van der Waals surface area (Å²) >= 11 is 0. The molecule has 4 rings (SSSR count). The van der Waals surface area contributed by atoms with Gasteiger partial charge in [0.15, 0.2) is 0 Å². The second-order valence-corrected chi connectivity index (χ2v) is 7.74. The Bertz CT molecular complexity index is 737. The van der Waals surface area contributed by atoms with Crippen molar-refractivity contribution in [1.82, 2.24) is 4.90 Å². The molecule has 2 aromatic rings. The number of ether oxygens (including phenoxy) is 1. The zero-order valence-corrected chi connectivity index (χ0v) is 15.2. The Morgan fingerprint density at radius 1 is 1.00 bits per heavy atom. The van der Waals surface area contributed by atoms with Gasteiger partial charge in [0, 0.05) is 18.6 Å². The predicted molar refractivity (Wildman–Crippen MR) is 99.6 cm³/mol. The Morgan fingerprint density at radius 3 is 2.22 bits per heavy atom. The van der Waals surface area contributed by atoms with Gasteiger partial charge in [0.1, 0.15) is 5.75 Å². The Hall–Kier alpha value is -1.98. The highest BCUT2D eigenvalue weighted by Gasteiger charge is 2.46. The zero-order valence-electron chi connectivity index (χ0n) is 15.2. The van der Waals surface area contributed by atoms with Gasteiger partial charge in [0.2, 0.25) is 0 Å². The van der Waals surface area contributed by atoms with E-state index in [0.717, 1.165) is 24.9 Å². The van der Waals surface area contributed by atoms with Gasteiger partial charge in [0.05, 0.1) is 5.60 Å². The highest BCUT2D eigenvalue weighted by molar-refractivity contribution is 5.32. The summed E-state index contributed by atoms with van der Waals surface area (Å²) in [5.74, 6) is 0.124. The van der Waals surface area contributed by atoms with Crippen molar-refractivity contribution in [2.24, 2.45) is 0 Å². The minimum Gasteiger partial charge on any atom is -0.435 e. The first-order valence-corrected chi connectivity index (χ1v) is 9.61. The monoisotopic (exact) mass is 373 g/mol. The third kappa shape index (κ3) is 3.99. The van der Waals surface area contributed by atoms with E-state index in [9.17, 15) is 13.9 Å². The smallest absolute Gasteiger partial charge is 0.387 e. The number of aliphatic hydroxyl groups is 1. The maximum absolute atomic E-state index is 12.4. The van der Waals surface area contributed by atoms with Gasteiger partial charge < -0.3 is 9.84 Å². The van der Waals surface area contributed by atoms with E-state index < -0.39 is 12.2 Å². The first-order chi connectivity index (χ1) is 13.0. The molecule has 1 N–H and O–H groups in total. The maximum atomic E-state index is 12.4. The van der Waals surface area contributed by atoms with Gasteiger partial charge in [-0.25, -0.2) is 0 Å². The van der Waals surface area contributed by atoms with Crippen molar-refractivity contribution in [2.45, 2.75) is 62.9 Å². The van der Waals surface area contributed by atoms with Gasteiger partial charge in [-0.3, -0.25) is 4.90 Å². The van der Waals surface area contributed by atoms with Gasteiger partial charge in [0.25, 0.3) is 0 Å². The van der Waals surface area contributed by atoms with Crippen molar-refractivity contribution in [3.63, 3.8) is 0 Å². The standard InChI is InChI=1S/C22H25F2NO2/c23-21(24)27-20-11-9-17(10-12-20)22(26)13-18-7-4-8-19(14-22)25(18)15-16-5-2-1-3-6-16/h1-3,5-6,9-12,18-19,21,26H,4,7-8,13-15H2. The summed E-state index contributed by atoms with van der Waals surface area (Å²) in [5.41, 5.74) is 1.18. The van der Waals surface area contributed by atoms with E-state index >= 15 is 0 Å². The molecule has 2 heterocycles. The van der Waals surface area contributed by atoms with Gasteiger partial charge in [-0.05, 0) is 48.9 Å². The van der Waals surface area contributed by atoms with E-state index in [1.165, 1.54) is 24.1 Å². The number of fused-ring (bicyclic) bond motifs is 2. The highest BCUT2D eigenvalue weighted by Crippen LogP contribution is 2.45. The molecular formula is C22H25F2NO2. The lowest BCUT2D eigenvalue weighted by Gasteiger charge is -2.52. The minimum atomic E-state index is -2.83. The zero-order chi connectivity index (χ0) is 18.9. The molecule has 0 radical (unpaired) electrons. The maximum Gasteiger partial charge on any atom is 0.387 e. The fraction of sp³-hybridized carbons (Fsp3) is 0.455. The lowest BCUT2D eigenvalue weighted by atomic mass is 9.72. The normalized spacial score (nSPS) is 28.3. The molecule has 3 nitrogen and oxygen atoms in total. The van der Waals surface area contributed by atoms with Crippen LogP contribution in [0.4, 0.5) is 8.78 Å². The fourth-order valence-corrected chi connectivity index (χ4v) is 4.76. The fourth-order valence-electron chi connectivity index (χ4n) is 4.76. The quantitative estimate of drug-likeness (QED) is 0.825. The molecule has 27 heavy (non-hydrogen) atoms. The van der Waals surface area contributed by atoms with Crippen molar-refractivity contribution in [2.75, 3.05) is 0 Å². The summed E-state index contributed by atoms with van der Waals surface area (Å²) in [5, 5.41) is 11.4. The SMILES string of the molecule is OC1(c2ccc(OC(F)F)cc2)CC2CCCC(C1)N2Cc1ccccc1. The van der Waals surface area contributed by atoms with Gasteiger partial charge in [-0.1, -0.05) is 48.9 Å². The molecule has 2 unspecified atom stereocenters. The largest absolute Gasteiger partial charge is 0.435 e. The van der Waals surface area contributed by atoms with Crippen LogP contribution in [0.2, 0.25) is 0 Å². The molecule has 0 spiro atoms. The molecule has 2 bridgehead atoms. The third-order valence-corrected chi connectivity index (χ3v) is 5.98. The topological polar surface area (TPSA) is 32.7 Å². The van der Waals surface area contributed by atoms with Crippen LogP contribution in [0.5, 0.6) is 5.75 Å². The molecule has 0 aromatic heterocycles. The summed E-state index contributed by atoms with van der Waals surface area (Å²) in [4.78, 5) is 2.54. The number of alkyl halides is 2. The van der Waals surface area contributed by atoms with Crippen molar-refractivity contribution in [3.8, 4) is 5.75 Å². The van der Waals surface area contributed by atoms with Crippen molar-refractivity contribution in [3.05, 3.63) is 65.7 Å². The molecule has 5 heteroatoms. The Kier molecular flexibility index (Phi) is 5.15. The molecule has 2 aliphatic heterocycles. The minimum absolute atomic E-state index is 0.124. The Labute approximate surface area is 158 Å². The number of piperidine rings is 2. The molecule has 2 fully saturated rings. The van der Waals surface area contributed by atoms with Crippen LogP contribution in [0.15, 0.2) is 54.6 Å². The van der Waals surface area contributed by atoms with Crippen molar-refractivity contribution < 1.29 is 18.6 Å². The van der Waals surface area contributed by atoms with E-state index in [2.05, 4.69) is 33.9 Å². The predicted octanol–water partition coefficient (Wildman–Crippen LogP) is 4.69. The third-order valence-electron chi connectivity index (χ3n) is 5.98. The van der Waals surface area contributed by atoms with E-state index in [1.807, 2.05) is 6.07 Å². The van der Waals surface area contributed by atoms with Crippen LogP contribution in [-0.2, 0) is 12.1 Å². The Balaban J connectivity index is 1.51. The van der Waals surface area contributed by atoms with Crippen LogP contribution in [0.25, 0.3) is 0 Å². The van der Waals surface area contributed by atoms with Crippen LogP contribution in [0.3, 0.4) is 0 Å². The van der Waals surface area contributed by atoms with Crippen molar-refractivity contribution >= 4 is 0 Å². The second-order valence-electron chi connectivity index (χ2n) is 7.74. The highest BCUT2D eigenvalue weighted by atomic mass is 19.3. The van der Waals surface area contributed by atoms with E-state index in [1.54, 1.807) is 12.1 Å². The molecule has 2 aromatic carbocycles.